The quantitative estimate of drug-likeness (QED) is 0.177. The number of benzene rings is 2. The van der Waals surface area contributed by atoms with E-state index >= 15 is 0 Å². The number of furan rings is 1. The van der Waals surface area contributed by atoms with E-state index in [0.29, 0.717) is 11.6 Å². The maximum atomic E-state index is 11.4. The fourth-order valence-electron chi connectivity index (χ4n) is 3.52. The first-order valence-corrected chi connectivity index (χ1v) is 12.1. The highest BCUT2D eigenvalue weighted by molar-refractivity contribution is 7.99. The van der Waals surface area contributed by atoms with E-state index in [9.17, 15) is 4.79 Å². The molecule has 0 unspecified atom stereocenters. The van der Waals surface area contributed by atoms with E-state index in [1.807, 2.05) is 24.5 Å². The molecular weight excluding hydrogens is 432 g/mol. The number of methoxy groups -OCH3 is 1. The van der Waals surface area contributed by atoms with Crippen molar-refractivity contribution in [2.24, 2.45) is 0 Å². The second-order valence-corrected chi connectivity index (χ2v) is 8.90. The van der Waals surface area contributed by atoms with Gasteiger partial charge in [-0.2, -0.15) is 0 Å². The Bertz CT molecular complexity index is 1030. The fourth-order valence-corrected chi connectivity index (χ4v) is 4.73. The van der Waals surface area contributed by atoms with Crippen molar-refractivity contribution in [1.82, 2.24) is 0 Å². The number of thioether (sulfide) groups is 1. The lowest BCUT2D eigenvalue weighted by atomic mass is 10.0. The van der Waals surface area contributed by atoms with Gasteiger partial charge in [-0.25, -0.2) is 0 Å². The number of ether oxygens (including phenoxy) is 2. The average Bonchev–Trinajstić information content (AvgIpc) is 3.19. The summed E-state index contributed by atoms with van der Waals surface area (Å²) < 4.78 is 16.7. The standard InChI is InChI=1S/C25H29ClO4S/c1-4-7-20-22(10-9-19-18(5-2)16-30-25(19)20)29-12-6-13-31-23-11-8-17(14-21(23)26)15-24(27)28-3/h8-11,14,16H,4-7,12-13,15H2,1-3H3. The third-order valence-corrected chi connectivity index (χ3v) is 6.72. The smallest absolute Gasteiger partial charge is 0.309 e. The Balaban J connectivity index is 1.54. The number of carbonyl (C=O) groups is 1. The summed E-state index contributed by atoms with van der Waals surface area (Å²) in [5.41, 5.74) is 4.22. The molecule has 3 rings (SSSR count). The number of hydrogen-bond donors (Lipinski definition) is 0. The van der Waals surface area contributed by atoms with Gasteiger partial charge in [0, 0.05) is 21.6 Å². The van der Waals surface area contributed by atoms with E-state index in [1.54, 1.807) is 11.8 Å². The SMILES string of the molecule is CCCc1c(OCCCSc2ccc(CC(=O)OC)cc2Cl)ccc2c(CC)coc12. The minimum absolute atomic E-state index is 0.231. The van der Waals surface area contributed by atoms with Crippen LogP contribution in [-0.2, 0) is 28.8 Å². The van der Waals surface area contributed by atoms with Crippen LogP contribution in [0, 0.1) is 0 Å². The summed E-state index contributed by atoms with van der Waals surface area (Å²) in [5, 5.41) is 1.85. The Kier molecular flexibility index (Phi) is 8.73. The number of rotatable bonds is 11. The van der Waals surface area contributed by atoms with Crippen LogP contribution in [0.2, 0.25) is 5.02 Å². The third-order valence-electron chi connectivity index (χ3n) is 5.14. The summed E-state index contributed by atoms with van der Waals surface area (Å²) in [6.07, 6.45) is 5.93. The van der Waals surface area contributed by atoms with Crippen molar-refractivity contribution in [1.29, 1.82) is 0 Å². The molecule has 166 valence electrons. The van der Waals surface area contributed by atoms with Crippen LogP contribution in [0.4, 0.5) is 0 Å². The highest BCUT2D eigenvalue weighted by Crippen LogP contribution is 2.33. The molecule has 31 heavy (non-hydrogen) atoms. The van der Waals surface area contributed by atoms with Gasteiger partial charge >= 0.3 is 5.97 Å². The van der Waals surface area contributed by atoms with E-state index in [-0.39, 0.29) is 12.4 Å². The molecule has 0 fully saturated rings. The van der Waals surface area contributed by atoms with E-state index in [4.69, 9.17) is 25.5 Å². The maximum Gasteiger partial charge on any atom is 0.309 e. The van der Waals surface area contributed by atoms with Gasteiger partial charge in [-0.15, -0.1) is 11.8 Å². The summed E-state index contributed by atoms with van der Waals surface area (Å²) in [7, 11) is 1.39. The van der Waals surface area contributed by atoms with Gasteiger partial charge in [0.15, 0.2) is 0 Å². The van der Waals surface area contributed by atoms with Crippen LogP contribution in [-0.4, -0.2) is 25.4 Å². The number of hydrogen-bond acceptors (Lipinski definition) is 5. The van der Waals surface area contributed by atoms with Gasteiger partial charge in [-0.1, -0.05) is 37.9 Å². The van der Waals surface area contributed by atoms with E-state index in [0.717, 1.165) is 58.8 Å². The number of fused-ring (bicyclic) bond motifs is 1. The average molecular weight is 461 g/mol. The molecule has 0 aliphatic rings. The molecule has 6 heteroatoms. The van der Waals surface area contributed by atoms with Gasteiger partial charge in [0.05, 0.1) is 31.4 Å². The molecule has 0 aliphatic carbocycles. The highest BCUT2D eigenvalue weighted by atomic mass is 35.5. The van der Waals surface area contributed by atoms with Crippen molar-refractivity contribution < 1.29 is 18.7 Å². The van der Waals surface area contributed by atoms with Crippen LogP contribution >= 0.6 is 23.4 Å². The van der Waals surface area contributed by atoms with E-state index < -0.39 is 0 Å². The lowest BCUT2D eigenvalue weighted by Gasteiger charge is -2.12. The molecule has 0 radical (unpaired) electrons. The maximum absolute atomic E-state index is 11.4. The molecule has 4 nitrogen and oxygen atoms in total. The van der Waals surface area contributed by atoms with Gasteiger partial charge in [0.25, 0.3) is 0 Å². The number of esters is 1. The van der Waals surface area contributed by atoms with Crippen LogP contribution in [0.3, 0.4) is 0 Å². The normalized spacial score (nSPS) is 11.1. The minimum atomic E-state index is -0.269. The van der Waals surface area contributed by atoms with Gasteiger partial charge in [-0.05, 0) is 54.7 Å². The molecule has 1 aromatic heterocycles. The first-order valence-electron chi connectivity index (χ1n) is 10.7. The second kappa shape index (κ2) is 11.5. The zero-order valence-corrected chi connectivity index (χ0v) is 19.9. The Hall–Kier alpha value is -2.11. The second-order valence-electron chi connectivity index (χ2n) is 7.35. The van der Waals surface area contributed by atoms with E-state index in [2.05, 4.69) is 26.0 Å². The van der Waals surface area contributed by atoms with Gasteiger partial charge in [-0.3, -0.25) is 4.79 Å². The minimum Gasteiger partial charge on any atom is -0.493 e. The van der Waals surface area contributed by atoms with Crippen molar-refractivity contribution in [3.05, 3.63) is 58.3 Å². The zero-order chi connectivity index (χ0) is 22.2. The first kappa shape index (κ1) is 23.6. The molecule has 0 spiro atoms. The van der Waals surface area contributed by atoms with Crippen molar-refractivity contribution in [3.63, 3.8) is 0 Å². The van der Waals surface area contributed by atoms with Crippen LogP contribution < -0.4 is 4.74 Å². The molecule has 0 aliphatic heterocycles. The molecule has 1 heterocycles. The Morgan fingerprint density at radius 1 is 1.19 bits per heavy atom. The molecule has 0 N–H and O–H groups in total. The third kappa shape index (κ3) is 5.98. The van der Waals surface area contributed by atoms with Gasteiger partial charge < -0.3 is 13.9 Å². The summed E-state index contributed by atoms with van der Waals surface area (Å²) >= 11 is 8.07. The summed E-state index contributed by atoms with van der Waals surface area (Å²) in [6.45, 7) is 4.95. The lowest BCUT2D eigenvalue weighted by molar-refractivity contribution is -0.139. The Morgan fingerprint density at radius 3 is 2.74 bits per heavy atom. The largest absolute Gasteiger partial charge is 0.493 e. The van der Waals surface area contributed by atoms with Crippen molar-refractivity contribution in [3.8, 4) is 5.75 Å². The zero-order valence-electron chi connectivity index (χ0n) is 18.3. The lowest BCUT2D eigenvalue weighted by Crippen LogP contribution is -2.04. The predicted molar refractivity (Wildman–Crippen MR) is 128 cm³/mol. The molecule has 0 amide bonds. The number of aryl methyl sites for hydroxylation is 2. The Morgan fingerprint density at radius 2 is 2.03 bits per heavy atom. The predicted octanol–water partition coefficient (Wildman–Crippen LogP) is 6.88. The molecule has 2 aromatic carbocycles. The number of carbonyl (C=O) groups excluding carboxylic acids is 1. The van der Waals surface area contributed by atoms with Crippen molar-refractivity contribution in [2.45, 2.75) is 50.8 Å². The summed E-state index contributed by atoms with van der Waals surface area (Å²) in [6, 6.07) is 9.89. The Labute approximate surface area is 193 Å². The van der Waals surface area contributed by atoms with Gasteiger partial charge in [0.1, 0.15) is 11.3 Å². The monoisotopic (exact) mass is 460 g/mol. The number of halogens is 1. The van der Waals surface area contributed by atoms with E-state index in [1.165, 1.54) is 18.1 Å². The molecule has 0 saturated carbocycles. The van der Waals surface area contributed by atoms with Crippen LogP contribution in [0.25, 0.3) is 11.0 Å². The summed E-state index contributed by atoms with van der Waals surface area (Å²) in [4.78, 5) is 12.4. The molecular formula is C25H29ClO4S. The molecule has 0 atom stereocenters. The van der Waals surface area contributed by atoms with Crippen LogP contribution in [0.15, 0.2) is 45.9 Å². The van der Waals surface area contributed by atoms with Crippen molar-refractivity contribution in [2.75, 3.05) is 19.5 Å². The molecule has 3 aromatic rings. The van der Waals surface area contributed by atoms with Gasteiger partial charge in [0.2, 0.25) is 0 Å². The highest BCUT2D eigenvalue weighted by Gasteiger charge is 2.14. The van der Waals surface area contributed by atoms with Crippen LogP contribution in [0.5, 0.6) is 5.75 Å². The molecule has 0 bridgehead atoms. The van der Waals surface area contributed by atoms with Crippen molar-refractivity contribution >= 4 is 40.3 Å². The summed E-state index contributed by atoms with van der Waals surface area (Å²) in [5.74, 6) is 1.54. The molecule has 0 saturated heterocycles. The van der Waals surface area contributed by atoms with Crippen LogP contribution in [0.1, 0.15) is 43.4 Å². The topological polar surface area (TPSA) is 48.7 Å². The fraction of sp³-hybridized carbons (Fsp3) is 0.400. The first-order chi connectivity index (χ1) is 15.1.